The third kappa shape index (κ3) is 4.77. The Morgan fingerprint density at radius 2 is 1.35 bits per heavy atom. The van der Waals surface area contributed by atoms with Crippen LogP contribution in [-0.2, 0) is 16.1 Å². The highest BCUT2D eigenvalue weighted by Gasteiger charge is 2.52. The molecular weight excluding hydrogens is 496 g/mol. The maximum Gasteiger partial charge on any atom is 0.407 e. The van der Waals surface area contributed by atoms with Gasteiger partial charge in [0.1, 0.15) is 6.61 Å². The zero-order valence-corrected chi connectivity index (χ0v) is 22.9. The number of ether oxygens (including phenoxy) is 1. The van der Waals surface area contributed by atoms with E-state index in [1.807, 2.05) is 91.5 Å². The predicted octanol–water partition coefficient (Wildman–Crippen LogP) is 6.95. The molecule has 40 heavy (non-hydrogen) atoms. The van der Waals surface area contributed by atoms with Crippen molar-refractivity contribution in [2.24, 2.45) is 11.8 Å². The van der Waals surface area contributed by atoms with Crippen LogP contribution in [0.5, 0.6) is 0 Å². The summed E-state index contributed by atoms with van der Waals surface area (Å²) in [4.78, 5) is 28.8. The number of hydrogen-bond donors (Lipinski definition) is 1. The molecule has 1 N–H and O–H groups in total. The minimum absolute atomic E-state index is 0.0144. The molecule has 6 rings (SSSR count). The molecule has 1 aliphatic heterocycles. The van der Waals surface area contributed by atoms with E-state index in [1.54, 1.807) is 0 Å². The fraction of sp³-hybridized carbons (Fsp3) is 0.257. The number of fused-ring (bicyclic) bond motifs is 3. The van der Waals surface area contributed by atoms with E-state index in [2.05, 4.69) is 41.7 Å². The maximum absolute atomic E-state index is 13.7. The molecule has 202 valence electrons. The maximum atomic E-state index is 13.7. The van der Waals surface area contributed by atoms with Gasteiger partial charge in [0.05, 0.1) is 12.0 Å². The van der Waals surface area contributed by atoms with E-state index in [4.69, 9.17) is 4.74 Å². The van der Waals surface area contributed by atoms with Crippen molar-refractivity contribution in [1.82, 2.24) is 10.2 Å². The van der Waals surface area contributed by atoms with Gasteiger partial charge < -0.3 is 15.0 Å². The summed E-state index contributed by atoms with van der Waals surface area (Å²) >= 11 is 0. The van der Waals surface area contributed by atoms with Crippen LogP contribution in [0.4, 0.5) is 4.79 Å². The van der Waals surface area contributed by atoms with E-state index in [1.165, 1.54) is 22.3 Å². The van der Waals surface area contributed by atoms with Crippen LogP contribution in [0.1, 0.15) is 48.1 Å². The summed E-state index contributed by atoms with van der Waals surface area (Å²) in [6, 6.07) is 36.2. The molecule has 1 heterocycles. The van der Waals surface area contributed by atoms with Crippen molar-refractivity contribution < 1.29 is 14.3 Å². The van der Waals surface area contributed by atoms with Gasteiger partial charge in [0.25, 0.3) is 0 Å². The Hall–Kier alpha value is -4.38. The Bertz CT molecular complexity index is 1460. The highest BCUT2D eigenvalue weighted by molar-refractivity contribution is 5.88. The molecule has 0 radical (unpaired) electrons. The first-order chi connectivity index (χ1) is 19.5. The van der Waals surface area contributed by atoms with Crippen molar-refractivity contribution in [2.45, 2.75) is 38.4 Å². The van der Waals surface area contributed by atoms with Gasteiger partial charge in [-0.25, -0.2) is 4.79 Å². The standard InChI is InChI=1S/C35H34N2O3/c1-23(2)32(31-33(25-15-7-4-8-16-25)37(34(31)38)21-24-13-5-3-6-14-24)36-35(39)40-22-30-28-19-11-9-17-26(28)27-18-10-12-20-29(27)30/h3-20,23,30-33H,21-22H2,1-2H3,(H,36,39)/t31-,32-,33-/m0/s1. The van der Waals surface area contributed by atoms with Crippen molar-refractivity contribution in [3.05, 3.63) is 131 Å². The zero-order chi connectivity index (χ0) is 27.6. The zero-order valence-electron chi connectivity index (χ0n) is 22.9. The van der Waals surface area contributed by atoms with Crippen molar-refractivity contribution in [3.8, 4) is 11.1 Å². The summed E-state index contributed by atoms with van der Waals surface area (Å²) in [6.45, 7) is 4.87. The molecule has 1 aliphatic carbocycles. The van der Waals surface area contributed by atoms with E-state index in [0.717, 1.165) is 11.1 Å². The van der Waals surface area contributed by atoms with Crippen molar-refractivity contribution in [3.63, 3.8) is 0 Å². The summed E-state index contributed by atoms with van der Waals surface area (Å²) in [5.74, 6) is -0.291. The molecule has 0 spiro atoms. The van der Waals surface area contributed by atoms with Crippen molar-refractivity contribution in [2.75, 3.05) is 6.61 Å². The van der Waals surface area contributed by atoms with Crippen LogP contribution in [0.15, 0.2) is 109 Å². The lowest BCUT2D eigenvalue weighted by atomic mass is 9.74. The number of carbonyl (C=O) groups excluding carboxylic acids is 2. The molecule has 0 unspecified atom stereocenters. The summed E-state index contributed by atoms with van der Waals surface area (Å²) in [5.41, 5.74) is 6.88. The monoisotopic (exact) mass is 530 g/mol. The first-order valence-electron chi connectivity index (χ1n) is 14.0. The molecule has 2 amide bonds. The number of alkyl carbamates (subject to hydrolysis) is 1. The summed E-state index contributed by atoms with van der Waals surface area (Å²) in [7, 11) is 0. The number of β-lactam (4-membered cyclic amide) rings is 1. The number of hydrogen-bond acceptors (Lipinski definition) is 3. The molecule has 5 heteroatoms. The lowest BCUT2D eigenvalue weighted by Crippen LogP contribution is -2.63. The van der Waals surface area contributed by atoms with E-state index >= 15 is 0 Å². The second-order valence-corrected chi connectivity index (χ2v) is 11.1. The van der Waals surface area contributed by atoms with Crippen LogP contribution in [0.3, 0.4) is 0 Å². The molecule has 3 atom stereocenters. The number of carbonyl (C=O) groups is 2. The Labute approximate surface area is 235 Å². The SMILES string of the molecule is CC(C)[C@H](NC(=O)OCC1c2ccccc2-c2ccccc21)[C@@H]1C(=O)N(Cc2ccccc2)[C@H]1c1ccccc1. The van der Waals surface area contributed by atoms with Gasteiger partial charge in [-0.15, -0.1) is 0 Å². The first kappa shape index (κ1) is 25.9. The van der Waals surface area contributed by atoms with Gasteiger partial charge in [0.15, 0.2) is 0 Å². The fourth-order valence-corrected chi connectivity index (χ4v) is 6.37. The second-order valence-electron chi connectivity index (χ2n) is 11.1. The number of nitrogens with one attached hydrogen (secondary N) is 1. The normalized spacial score (nSPS) is 18.6. The van der Waals surface area contributed by atoms with Crippen LogP contribution in [-0.4, -0.2) is 29.5 Å². The molecule has 1 saturated heterocycles. The average molecular weight is 531 g/mol. The van der Waals surface area contributed by atoms with Crippen LogP contribution in [0, 0.1) is 11.8 Å². The quantitative estimate of drug-likeness (QED) is 0.251. The lowest BCUT2D eigenvalue weighted by molar-refractivity contribution is -0.161. The minimum atomic E-state index is -0.485. The second kappa shape index (κ2) is 11.0. The lowest BCUT2D eigenvalue weighted by Gasteiger charge is -2.51. The Morgan fingerprint density at radius 3 is 1.95 bits per heavy atom. The highest BCUT2D eigenvalue weighted by atomic mass is 16.5. The smallest absolute Gasteiger partial charge is 0.407 e. The number of nitrogens with zero attached hydrogens (tertiary/aromatic N) is 1. The van der Waals surface area contributed by atoms with Gasteiger partial charge in [-0.1, -0.05) is 123 Å². The molecule has 0 bridgehead atoms. The van der Waals surface area contributed by atoms with Crippen LogP contribution >= 0.6 is 0 Å². The predicted molar refractivity (Wildman–Crippen MR) is 156 cm³/mol. The third-order valence-electron chi connectivity index (χ3n) is 8.31. The number of amides is 2. The van der Waals surface area contributed by atoms with Crippen molar-refractivity contribution in [1.29, 1.82) is 0 Å². The van der Waals surface area contributed by atoms with E-state index in [9.17, 15) is 9.59 Å². The molecular formula is C35H34N2O3. The molecule has 4 aromatic carbocycles. The number of benzene rings is 4. The van der Waals surface area contributed by atoms with Crippen LogP contribution in [0.25, 0.3) is 11.1 Å². The van der Waals surface area contributed by atoms with Crippen molar-refractivity contribution >= 4 is 12.0 Å². The average Bonchev–Trinajstić information content (AvgIpc) is 3.31. The largest absolute Gasteiger partial charge is 0.449 e. The van der Waals surface area contributed by atoms with Gasteiger partial charge >= 0.3 is 6.09 Å². The Morgan fingerprint density at radius 1 is 0.800 bits per heavy atom. The van der Waals surface area contributed by atoms with Crippen LogP contribution < -0.4 is 5.32 Å². The molecule has 2 aliphatic rings. The Kier molecular flexibility index (Phi) is 7.12. The summed E-state index contributed by atoms with van der Waals surface area (Å²) < 4.78 is 5.86. The fourth-order valence-electron chi connectivity index (χ4n) is 6.37. The molecule has 1 fully saturated rings. The van der Waals surface area contributed by atoms with Gasteiger partial charge in [-0.3, -0.25) is 4.79 Å². The van der Waals surface area contributed by atoms with Crippen LogP contribution in [0.2, 0.25) is 0 Å². The van der Waals surface area contributed by atoms with Gasteiger partial charge in [0, 0.05) is 18.5 Å². The summed E-state index contributed by atoms with van der Waals surface area (Å²) in [5, 5.41) is 3.10. The third-order valence-corrected chi connectivity index (χ3v) is 8.31. The summed E-state index contributed by atoms with van der Waals surface area (Å²) in [6.07, 6.45) is -0.485. The number of likely N-dealkylation sites (tertiary alicyclic amines) is 1. The van der Waals surface area contributed by atoms with E-state index in [-0.39, 0.29) is 42.4 Å². The first-order valence-corrected chi connectivity index (χ1v) is 14.0. The molecule has 0 aromatic heterocycles. The minimum Gasteiger partial charge on any atom is -0.449 e. The van der Waals surface area contributed by atoms with E-state index < -0.39 is 6.09 Å². The van der Waals surface area contributed by atoms with Gasteiger partial charge in [-0.2, -0.15) is 0 Å². The van der Waals surface area contributed by atoms with E-state index in [0.29, 0.717) is 6.54 Å². The van der Waals surface area contributed by atoms with Gasteiger partial charge in [-0.05, 0) is 39.3 Å². The molecule has 5 nitrogen and oxygen atoms in total. The highest BCUT2D eigenvalue weighted by Crippen LogP contribution is 2.46. The Balaban J connectivity index is 1.19. The van der Waals surface area contributed by atoms with Gasteiger partial charge in [0.2, 0.25) is 5.91 Å². The molecule has 0 saturated carbocycles. The molecule has 4 aromatic rings. The number of rotatable bonds is 8. The topological polar surface area (TPSA) is 58.6 Å².